The lowest BCUT2D eigenvalue weighted by atomic mass is 10.3. The molecule has 0 saturated heterocycles. The molecule has 0 aliphatic rings. The van der Waals surface area contributed by atoms with Crippen molar-refractivity contribution < 1.29 is 0 Å². The van der Waals surface area contributed by atoms with Crippen molar-refractivity contribution in [1.29, 1.82) is 0 Å². The van der Waals surface area contributed by atoms with E-state index in [1.807, 2.05) is 18.2 Å². The Morgan fingerprint density at radius 3 is 2.54 bits per heavy atom. The van der Waals surface area contributed by atoms with E-state index in [0.29, 0.717) is 0 Å². The van der Waals surface area contributed by atoms with Crippen molar-refractivity contribution in [3.8, 4) is 0 Å². The van der Waals surface area contributed by atoms with E-state index >= 15 is 0 Å². The van der Waals surface area contributed by atoms with Crippen molar-refractivity contribution in [1.82, 2.24) is 0 Å². The summed E-state index contributed by atoms with van der Waals surface area (Å²) in [6.45, 7) is 0. The van der Waals surface area contributed by atoms with Gasteiger partial charge in [-0.15, -0.1) is 11.3 Å². The Labute approximate surface area is 85.9 Å². The zero-order valence-electron chi connectivity index (χ0n) is 6.94. The molecule has 0 spiro atoms. The van der Waals surface area contributed by atoms with E-state index in [-0.39, 0.29) is 0 Å². The number of hydrogen-bond donors (Lipinski definition) is 1. The summed E-state index contributed by atoms with van der Waals surface area (Å²) in [5.74, 6) is 0. The maximum absolute atomic E-state index is 3.27. The molecule has 1 aromatic carbocycles. The van der Waals surface area contributed by atoms with Crippen LogP contribution < -0.4 is 4.72 Å². The zero-order chi connectivity index (χ0) is 8.93. The lowest BCUT2D eigenvalue weighted by molar-refractivity contribution is 1.66. The average Bonchev–Trinajstić information content (AvgIpc) is 2.69. The average molecular weight is 207 g/mol. The van der Waals surface area contributed by atoms with E-state index in [9.17, 15) is 0 Å². The predicted molar refractivity (Wildman–Crippen MR) is 60.2 cm³/mol. The maximum Gasteiger partial charge on any atom is 0.0807 e. The van der Waals surface area contributed by atoms with Gasteiger partial charge in [0.15, 0.2) is 0 Å². The first-order chi connectivity index (χ1) is 6.45. The lowest BCUT2D eigenvalue weighted by Gasteiger charge is -2.01. The Hall–Kier alpha value is -0.930. The smallest absolute Gasteiger partial charge is 0.0807 e. The molecule has 0 amide bonds. The van der Waals surface area contributed by atoms with Gasteiger partial charge in [-0.05, 0) is 35.5 Å². The summed E-state index contributed by atoms with van der Waals surface area (Å²) < 4.78 is 4.56. The summed E-state index contributed by atoms with van der Waals surface area (Å²) in [6.07, 6.45) is 0. The Balaban J connectivity index is 1.94. The second kappa shape index (κ2) is 4.35. The largest absolute Gasteiger partial charge is 0.325 e. The van der Waals surface area contributed by atoms with E-state index in [4.69, 9.17) is 0 Å². The summed E-state index contributed by atoms with van der Waals surface area (Å²) in [5.41, 5.74) is 1.14. The minimum Gasteiger partial charge on any atom is -0.325 e. The van der Waals surface area contributed by atoms with Gasteiger partial charge in [0.25, 0.3) is 0 Å². The van der Waals surface area contributed by atoms with Gasteiger partial charge in [0, 0.05) is 5.69 Å². The third-order valence-electron chi connectivity index (χ3n) is 1.54. The van der Waals surface area contributed by atoms with Crippen LogP contribution in [0.15, 0.2) is 52.1 Å². The molecular formula is C10H9NS2. The number of thiophene rings is 1. The van der Waals surface area contributed by atoms with Gasteiger partial charge in [0.2, 0.25) is 0 Å². The van der Waals surface area contributed by atoms with E-state index in [0.717, 1.165) is 5.69 Å². The first kappa shape index (κ1) is 8.66. The molecule has 0 bridgehead atoms. The number of rotatable bonds is 3. The molecule has 3 heteroatoms. The molecule has 0 fully saturated rings. The molecule has 2 aromatic rings. The van der Waals surface area contributed by atoms with Gasteiger partial charge < -0.3 is 4.72 Å². The van der Waals surface area contributed by atoms with E-state index in [1.165, 1.54) is 4.21 Å². The van der Waals surface area contributed by atoms with Crippen LogP contribution in [0.3, 0.4) is 0 Å². The molecule has 2 rings (SSSR count). The molecule has 1 aromatic heterocycles. The fraction of sp³-hybridized carbons (Fsp3) is 0. The first-order valence-electron chi connectivity index (χ1n) is 3.96. The predicted octanol–water partition coefficient (Wildman–Crippen LogP) is 3.87. The summed E-state index contributed by atoms with van der Waals surface area (Å²) in [4.78, 5) is 0. The van der Waals surface area contributed by atoms with Crippen LogP contribution in [0.5, 0.6) is 0 Å². The van der Waals surface area contributed by atoms with Crippen LogP contribution in [0.4, 0.5) is 5.69 Å². The molecule has 0 aliphatic carbocycles. The van der Waals surface area contributed by atoms with Crippen LogP contribution in [0.25, 0.3) is 0 Å². The SMILES string of the molecule is c1ccc(NSc2cccs2)cc1. The molecule has 0 radical (unpaired) electrons. The second-order valence-corrected chi connectivity index (χ2v) is 4.56. The molecule has 0 unspecified atom stereocenters. The topological polar surface area (TPSA) is 12.0 Å². The van der Waals surface area contributed by atoms with Crippen molar-refractivity contribution in [2.24, 2.45) is 0 Å². The molecule has 1 N–H and O–H groups in total. The highest BCUT2D eigenvalue weighted by molar-refractivity contribution is 8.02. The van der Waals surface area contributed by atoms with Crippen LogP contribution in [0.1, 0.15) is 0 Å². The number of nitrogens with one attached hydrogen (secondary N) is 1. The number of para-hydroxylation sites is 1. The summed E-state index contributed by atoms with van der Waals surface area (Å²) in [5, 5.41) is 2.08. The van der Waals surface area contributed by atoms with E-state index < -0.39 is 0 Å². The van der Waals surface area contributed by atoms with Gasteiger partial charge in [0.05, 0.1) is 4.21 Å². The molecule has 0 aliphatic heterocycles. The Morgan fingerprint density at radius 1 is 1.00 bits per heavy atom. The van der Waals surface area contributed by atoms with Crippen LogP contribution in [-0.4, -0.2) is 0 Å². The van der Waals surface area contributed by atoms with Gasteiger partial charge in [-0.25, -0.2) is 0 Å². The van der Waals surface area contributed by atoms with Crippen molar-refractivity contribution in [3.05, 3.63) is 47.8 Å². The Kier molecular flexibility index (Phi) is 2.90. The van der Waals surface area contributed by atoms with Crippen LogP contribution >= 0.6 is 23.3 Å². The van der Waals surface area contributed by atoms with Crippen molar-refractivity contribution >= 4 is 29.0 Å². The standard InChI is InChI=1S/C10H9NS2/c1-2-5-9(6-3-1)11-13-10-7-4-8-12-10/h1-8,11H. The Bertz CT molecular complexity index is 342. The zero-order valence-corrected chi connectivity index (χ0v) is 8.57. The maximum atomic E-state index is 3.27. The molecule has 1 nitrogen and oxygen atoms in total. The summed E-state index contributed by atoms with van der Waals surface area (Å²) in [6, 6.07) is 14.3. The molecule has 1 heterocycles. The normalized spacial score (nSPS) is 9.85. The van der Waals surface area contributed by atoms with E-state index in [2.05, 4.69) is 34.4 Å². The van der Waals surface area contributed by atoms with Crippen molar-refractivity contribution in [2.45, 2.75) is 4.21 Å². The highest BCUT2D eigenvalue weighted by atomic mass is 32.2. The Morgan fingerprint density at radius 2 is 1.85 bits per heavy atom. The van der Waals surface area contributed by atoms with Crippen LogP contribution in [0, 0.1) is 0 Å². The van der Waals surface area contributed by atoms with E-state index in [1.54, 1.807) is 23.3 Å². The highest BCUT2D eigenvalue weighted by Crippen LogP contribution is 2.24. The minimum atomic E-state index is 1.14. The third-order valence-corrected chi connectivity index (χ3v) is 3.41. The molecule has 0 saturated carbocycles. The fourth-order valence-electron chi connectivity index (χ4n) is 0.937. The molecular weight excluding hydrogens is 198 g/mol. The molecule has 66 valence electrons. The van der Waals surface area contributed by atoms with Gasteiger partial charge in [-0.1, -0.05) is 24.3 Å². The number of benzene rings is 1. The monoisotopic (exact) mass is 207 g/mol. The second-order valence-electron chi connectivity index (χ2n) is 2.50. The highest BCUT2D eigenvalue weighted by Gasteiger charge is 1.93. The van der Waals surface area contributed by atoms with Crippen molar-refractivity contribution in [3.63, 3.8) is 0 Å². The molecule has 0 atom stereocenters. The lowest BCUT2D eigenvalue weighted by Crippen LogP contribution is -1.82. The summed E-state index contributed by atoms with van der Waals surface area (Å²) >= 11 is 3.39. The quantitative estimate of drug-likeness (QED) is 0.767. The fourth-order valence-corrected chi connectivity index (χ4v) is 2.37. The molecule has 13 heavy (non-hydrogen) atoms. The van der Waals surface area contributed by atoms with Crippen LogP contribution in [0.2, 0.25) is 0 Å². The minimum absolute atomic E-state index is 1.14. The number of anilines is 1. The number of hydrogen-bond acceptors (Lipinski definition) is 3. The van der Waals surface area contributed by atoms with Crippen molar-refractivity contribution in [2.75, 3.05) is 4.72 Å². The van der Waals surface area contributed by atoms with Crippen LogP contribution in [-0.2, 0) is 0 Å². The van der Waals surface area contributed by atoms with Gasteiger partial charge in [-0.2, -0.15) is 0 Å². The van der Waals surface area contributed by atoms with Gasteiger partial charge in [0.1, 0.15) is 0 Å². The van der Waals surface area contributed by atoms with Gasteiger partial charge >= 0.3 is 0 Å². The first-order valence-corrected chi connectivity index (χ1v) is 5.66. The third kappa shape index (κ3) is 2.50. The van der Waals surface area contributed by atoms with Gasteiger partial charge in [-0.3, -0.25) is 0 Å². The summed E-state index contributed by atoms with van der Waals surface area (Å²) in [7, 11) is 0.